The molecule has 0 fully saturated rings. The zero-order valence-corrected chi connectivity index (χ0v) is 15.7. The third kappa shape index (κ3) is 3.36. The topological polar surface area (TPSA) is 92.4 Å². The Balaban J connectivity index is 1.85. The van der Waals surface area contributed by atoms with E-state index >= 15 is 0 Å². The molecule has 6 nitrogen and oxygen atoms in total. The molecular formula is C23H18N2O4. The fourth-order valence-electron chi connectivity index (χ4n) is 3.58. The van der Waals surface area contributed by atoms with E-state index in [2.05, 4.69) is 5.10 Å². The maximum Gasteiger partial charge on any atom is 0.336 e. The molecule has 1 aromatic heterocycles. The second-order valence-electron chi connectivity index (χ2n) is 6.83. The maximum absolute atomic E-state index is 11.9. The van der Waals surface area contributed by atoms with Crippen LogP contribution in [0.5, 0.6) is 0 Å². The molecule has 1 heterocycles. The van der Waals surface area contributed by atoms with Crippen LogP contribution in [0.1, 0.15) is 31.8 Å². The number of fused-ring (bicyclic) bond motifs is 1. The lowest BCUT2D eigenvalue weighted by molar-refractivity contribution is 0.0696. The van der Waals surface area contributed by atoms with E-state index in [1.54, 1.807) is 12.3 Å². The van der Waals surface area contributed by atoms with Gasteiger partial charge in [-0.3, -0.25) is 4.68 Å². The van der Waals surface area contributed by atoms with Gasteiger partial charge in [-0.15, -0.1) is 0 Å². The van der Waals surface area contributed by atoms with Crippen LogP contribution in [0.4, 0.5) is 0 Å². The Morgan fingerprint density at radius 3 is 2.41 bits per heavy atom. The first-order chi connectivity index (χ1) is 14.0. The van der Waals surface area contributed by atoms with Crippen LogP contribution >= 0.6 is 0 Å². The summed E-state index contributed by atoms with van der Waals surface area (Å²) in [5.41, 5.74) is 3.39. The number of aromatic carboxylic acids is 2. The number of aromatic nitrogens is 2. The van der Waals surface area contributed by atoms with Crippen molar-refractivity contribution < 1.29 is 19.8 Å². The van der Waals surface area contributed by atoms with E-state index in [1.807, 2.05) is 53.2 Å². The smallest absolute Gasteiger partial charge is 0.336 e. The Morgan fingerprint density at radius 1 is 0.966 bits per heavy atom. The number of benzene rings is 3. The van der Waals surface area contributed by atoms with Crippen molar-refractivity contribution in [3.63, 3.8) is 0 Å². The zero-order chi connectivity index (χ0) is 20.5. The first kappa shape index (κ1) is 18.4. The fraction of sp³-hybridized carbons (Fsp3) is 0.0870. The molecule has 0 spiro atoms. The highest BCUT2D eigenvalue weighted by molar-refractivity contribution is 6.02. The summed E-state index contributed by atoms with van der Waals surface area (Å²) < 4.78 is 1.87. The van der Waals surface area contributed by atoms with E-state index in [-0.39, 0.29) is 16.7 Å². The highest BCUT2D eigenvalue weighted by Gasteiger charge is 2.20. The van der Waals surface area contributed by atoms with Crippen molar-refractivity contribution in [3.05, 3.63) is 89.1 Å². The van der Waals surface area contributed by atoms with Gasteiger partial charge in [-0.05, 0) is 41.3 Å². The Bertz CT molecular complexity index is 1240. The Hall–Kier alpha value is -3.93. The van der Waals surface area contributed by atoms with Gasteiger partial charge >= 0.3 is 11.9 Å². The standard InChI is InChI=1S/C23H18N2O4/c1-14-18(22(26)27)9-10-19(21(14)23(28)29)16-7-8-17-12-24-25(20(17)11-16)13-15-5-3-2-4-6-15/h2-12H,13H2,1H3,(H,26,27)(H,28,29). The summed E-state index contributed by atoms with van der Waals surface area (Å²) in [7, 11) is 0. The van der Waals surface area contributed by atoms with Crippen molar-refractivity contribution in [2.24, 2.45) is 0 Å². The van der Waals surface area contributed by atoms with Crippen LogP contribution in [-0.2, 0) is 6.54 Å². The van der Waals surface area contributed by atoms with Gasteiger partial charge in [0.2, 0.25) is 0 Å². The van der Waals surface area contributed by atoms with Crippen LogP contribution in [0.25, 0.3) is 22.0 Å². The van der Waals surface area contributed by atoms with E-state index < -0.39 is 11.9 Å². The molecule has 3 aromatic carbocycles. The number of carboxylic acids is 2. The maximum atomic E-state index is 11.9. The van der Waals surface area contributed by atoms with Crippen molar-refractivity contribution in [1.82, 2.24) is 9.78 Å². The van der Waals surface area contributed by atoms with Crippen molar-refractivity contribution in [3.8, 4) is 11.1 Å². The normalized spacial score (nSPS) is 10.9. The quantitative estimate of drug-likeness (QED) is 0.528. The molecule has 6 heteroatoms. The van der Waals surface area contributed by atoms with E-state index in [4.69, 9.17) is 0 Å². The summed E-state index contributed by atoms with van der Waals surface area (Å²) in [5, 5.41) is 24.5. The molecule has 0 saturated carbocycles. The highest BCUT2D eigenvalue weighted by Crippen LogP contribution is 2.31. The van der Waals surface area contributed by atoms with Gasteiger partial charge < -0.3 is 10.2 Å². The van der Waals surface area contributed by atoms with Gasteiger partial charge in [-0.25, -0.2) is 9.59 Å². The van der Waals surface area contributed by atoms with Crippen LogP contribution in [0.15, 0.2) is 66.9 Å². The molecule has 0 unspecified atom stereocenters. The van der Waals surface area contributed by atoms with Crippen LogP contribution in [0, 0.1) is 6.92 Å². The number of rotatable bonds is 5. The highest BCUT2D eigenvalue weighted by atomic mass is 16.4. The minimum atomic E-state index is -1.15. The Labute approximate surface area is 166 Å². The lowest BCUT2D eigenvalue weighted by Gasteiger charge is -2.12. The molecule has 0 atom stereocenters. The number of carbonyl (C=O) groups is 2. The molecule has 0 saturated heterocycles. The number of carboxylic acid groups (broad SMARTS) is 2. The summed E-state index contributed by atoms with van der Waals surface area (Å²) >= 11 is 0. The molecule has 4 aromatic rings. The third-order valence-electron chi connectivity index (χ3n) is 5.04. The van der Waals surface area contributed by atoms with Gasteiger partial charge in [-0.1, -0.05) is 48.5 Å². The number of hydrogen-bond acceptors (Lipinski definition) is 3. The van der Waals surface area contributed by atoms with Gasteiger partial charge in [0.25, 0.3) is 0 Å². The predicted octanol–water partition coefficient (Wildman–Crippen LogP) is 4.46. The average molecular weight is 386 g/mol. The molecule has 4 rings (SSSR count). The van der Waals surface area contributed by atoms with Gasteiger partial charge in [0.1, 0.15) is 0 Å². The van der Waals surface area contributed by atoms with Crippen molar-refractivity contribution in [2.75, 3.05) is 0 Å². The van der Waals surface area contributed by atoms with E-state index in [0.29, 0.717) is 17.7 Å². The minimum Gasteiger partial charge on any atom is -0.478 e. The molecule has 0 aliphatic heterocycles. The molecule has 0 aliphatic carbocycles. The fourth-order valence-corrected chi connectivity index (χ4v) is 3.58. The van der Waals surface area contributed by atoms with Crippen molar-refractivity contribution in [1.29, 1.82) is 0 Å². The second-order valence-corrected chi connectivity index (χ2v) is 6.83. The summed E-state index contributed by atoms with van der Waals surface area (Å²) in [5.74, 6) is -2.30. The third-order valence-corrected chi connectivity index (χ3v) is 5.04. The average Bonchev–Trinajstić information content (AvgIpc) is 3.10. The molecule has 0 aliphatic rings. The van der Waals surface area contributed by atoms with Gasteiger partial charge in [-0.2, -0.15) is 5.10 Å². The van der Waals surface area contributed by atoms with Crippen LogP contribution in [-0.4, -0.2) is 31.9 Å². The lowest BCUT2D eigenvalue weighted by atomic mass is 9.92. The number of nitrogens with zero attached hydrogens (tertiary/aromatic N) is 2. The molecule has 0 amide bonds. The van der Waals surface area contributed by atoms with Crippen LogP contribution < -0.4 is 0 Å². The van der Waals surface area contributed by atoms with Crippen molar-refractivity contribution >= 4 is 22.8 Å². The predicted molar refractivity (Wildman–Crippen MR) is 109 cm³/mol. The molecule has 29 heavy (non-hydrogen) atoms. The van der Waals surface area contributed by atoms with Gasteiger partial charge in [0, 0.05) is 5.39 Å². The summed E-state index contributed by atoms with van der Waals surface area (Å²) in [6.45, 7) is 2.12. The lowest BCUT2D eigenvalue weighted by Crippen LogP contribution is -2.09. The largest absolute Gasteiger partial charge is 0.478 e. The Kier molecular flexibility index (Phi) is 4.60. The summed E-state index contributed by atoms with van der Waals surface area (Å²) in [6, 6.07) is 18.6. The van der Waals surface area contributed by atoms with Gasteiger partial charge in [0.05, 0.1) is 29.4 Å². The first-order valence-corrected chi connectivity index (χ1v) is 9.06. The molecule has 144 valence electrons. The molecular weight excluding hydrogens is 368 g/mol. The molecule has 0 bridgehead atoms. The summed E-state index contributed by atoms with van der Waals surface area (Å²) in [4.78, 5) is 23.3. The SMILES string of the molecule is Cc1c(C(=O)O)ccc(-c2ccc3cnn(Cc4ccccc4)c3c2)c1C(=O)O. The Morgan fingerprint density at radius 2 is 1.72 bits per heavy atom. The monoisotopic (exact) mass is 386 g/mol. The van der Waals surface area contributed by atoms with Gasteiger partial charge in [0.15, 0.2) is 0 Å². The van der Waals surface area contributed by atoms with Crippen molar-refractivity contribution in [2.45, 2.75) is 13.5 Å². The van der Waals surface area contributed by atoms with Crippen LogP contribution in [0.2, 0.25) is 0 Å². The van der Waals surface area contributed by atoms with E-state index in [1.165, 1.54) is 13.0 Å². The number of hydrogen-bond donors (Lipinski definition) is 2. The first-order valence-electron chi connectivity index (χ1n) is 9.06. The van der Waals surface area contributed by atoms with E-state index in [9.17, 15) is 19.8 Å². The minimum absolute atomic E-state index is 0.00150. The van der Waals surface area contributed by atoms with E-state index in [0.717, 1.165) is 16.5 Å². The molecule has 2 N–H and O–H groups in total. The second kappa shape index (κ2) is 7.24. The molecule has 0 radical (unpaired) electrons. The summed E-state index contributed by atoms with van der Waals surface area (Å²) in [6.07, 6.45) is 1.78. The zero-order valence-electron chi connectivity index (χ0n) is 15.7. The van der Waals surface area contributed by atoms with Crippen LogP contribution in [0.3, 0.4) is 0 Å².